The lowest BCUT2D eigenvalue weighted by atomic mass is 10.2. The highest BCUT2D eigenvalue weighted by atomic mass is 35.5. The number of halogens is 1. The van der Waals surface area contributed by atoms with Crippen molar-refractivity contribution in [2.75, 3.05) is 12.9 Å². The molecule has 9 heteroatoms. The fourth-order valence-corrected chi connectivity index (χ4v) is 3.93. The number of aromatic nitrogens is 3. The van der Waals surface area contributed by atoms with Gasteiger partial charge in [0.2, 0.25) is 5.91 Å². The standard InChI is InChI=1S/C22H25ClN4O3S/c1-4-27-21(15(2)30-19-8-6-5-7-18(19)23)25-26-22(27)31-14-20(28)24-13-16-9-11-17(29-3)12-10-16/h5-12,15H,4,13-14H2,1-3H3,(H,24,28). The molecule has 31 heavy (non-hydrogen) atoms. The molecule has 2 aromatic carbocycles. The van der Waals surface area contributed by atoms with Crippen molar-refractivity contribution in [3.05, 3.63) is 64.9 Å². The van der Waals surface area contributed by atoms with Crippen LogP contribution in [0.5, 0.6) is 11.5 Å². The molecule has 0 fully saturated rings. The van der Waals surface area contributed by atoms with Gasteiger partial charge < -0.3 is 19.4 Å². The first kappa shape index (κ1) is 23.0. The zero-order chi connectivity index (χ0) is 22.2. The van der Waals surface area contributed by atoms with E-state index in [1.54, 1.807) is 13.2 Å². The summed E-state index contributed by atoms with van der Waals surface area (Å²) < 4.78 is 13.1. The molecule has 0 aliphatic heterocycles. The number of para-hydroxylation sites is 1. The quantitative estimate of drug-likeness (QED) is 0.448. The summed E-state index contributed by atoms with van der Waals surface area (Å²) in [6.45, 7) is 5.02. The van der Waals surface area contributed by atoms with Gasteiger partial charge in [0.05, 0.1) is 17.9 Å². The predicted molar refractivity (Wildman–Crippen MR) is 122 cm³/mol. The van der Waals surface area contributed by atoms with Gasteiger partial charge >= 0.3 is 0 Å². The number of methoxy groups -OCH3 is 1. The Labute approximate surface area is 191 Å². The largest absolute Gasteiger partial charge is 0.497 e. The number of nitrogens with zero attached hydrogens (tertiary/aromatic N) is 3. The van der Waals surface area contributed by atoms with E-state index in [0.717, 1.165) is 11.3 Å². The fraction of sp³-hybridized carbons (Fsp3) is 0.318. The molecule has 1 heterocycles. The monoisotopic (exact) mass is 460 g/mol. The van der Waals surface area contributed by atoms with Crippen molar-refractivity contribution in [3.8, 4) is 11.5 Å². The minimum atomic E-state index is -0.342. The van der Waals surface area contributed by atoms with Crippen molar-refractivity contribution in [3.63, 3.8) is 0 Å². The minimum Gasteiger partial charge on any atom is -0.497 e. The second-order valence-electron chi connectivity index (χ2n) is 6.69. The minimum absolute atomic E-state index is 0.0756. The molecule has 0 aliphatic carbocycles. The van der Waals surface area contributed by atoms with E-state index < -0.39 is 0 Å². The summed E-state index contributed by atoms with van der Waals surface area (Å²) >= 11 is 7.53. The van der Waals surface area contributed by atoms with Gasteiger partial charge in [-0.05, 0) is 43.7 Å². The summed E-state index contributed by atoms with van der Waals surface area (Å²) in [7, 11) is 1.62. The van der Waals surface area contributed by atoms with Gasteiger partial charge in [-0.25, -0.2) is 0 Å². The maximum Gasteiger partial charge on any atom is 0.230 e. The molecule has 3 rings (SSSR count). The van der Waals surface area contributed by atoms with Gasteiger partial charge in [-0.15, -0.1) is 10.2 Å². The molecule has 1 aromatic heterocycles. The number of carbonyl (C=O) groups is 1. The van der Waals surface area contributed by atoms with E-state index in [9.17, 15) is 4.79 Å². The van der Waals surface area contributed by atoms with Crippen LogP contribution in [0.25, 0.3) is 0 Å². The van der Waals surface area contributed by atoms with Crippen molar-refractivity contribution >= 4 is 29.3 Å². The van der Waals surface area contributed by atoms with Crippen LogP contribution in [-0.2, 0) is 17.9 Å². The number of hydrogen-bond donors (Lipinski definition) is 1. The number of hydrogen-bond acceptors (Lipinski definition) is 6. The molecule has 0 bridgehead atoms. The van der Waals surface area contributed by atoms with E-state index in [1.807, 2.05) is 60.9 Å². The van der Waals surface area contributed by atoms with Gasteiger partial charge in [-0.1, -0.05) is 47.6 Å². The first-order valence-corrected chi connectivity index (χ1v) is 11.2. The Kier molecular flexibility index (Phi) is 8.20. The van der Waals surface area contributed by atoms with Gasteiger partial charge in [0.15, 0.2) is 17.1 Å². The normalized spacial score (nSPS) is 11.7. The zero-order valence-corrected chi connectivity index (χ0v) is 19.2. The van der Waals surface area contributed by atoms with Crippen LogP contribution >= 0.6 is 23.4 Å². The van der Waals surface area contributed by atoms with Crippen LogP contribution in [0.3, 0.4) is 0 Å². The highest BCUT2D eigenvalue weighted by molar-refractivity contribution is 7.99. The Balaban J connectivity index is 1.56. The topological polar surface area (TPSA) is 78.3 Å². The first-order chi connectivity index (χ1) is 15.0. The van der Waals surface area contributed by atoms with Crippen LogP contribution in [0.4, 0.5) is 0 Å². The Morgan fingerprint density at radius 2 is 1.94 bits per heavy atom. The van der Waals surface area contributed by atoms with E-state index in [-0.39, 0.29) is 17.8 Å². The molecule has 0 radical (unpaired) electrons. The lowest BCUT2D eigenvalue weighted by Gasteiger charge is -2.16. The third-order valence-electron chi connectivity index (χ3n) is 4.55. The number of benzene rings is 2. The summed E-state index contributed by atoms with van der Waals surface area (Å²) in [5, 5.41) is 12.7. The Bertz CT molecular complexity index is 1010. The van der Waals surface area contributed by atoms with Gasteiger partial charge in [0.25, 0.3) is 0 Å². The Morgan fingerprint density at radius 3 is 2.61 bits per heavy atom. The second kappa shape index (κ2) is 11.1. The number of amides is 1. The van der Waals surface area contributed by atoms with Crippen LogP contribution in [0, 0.1) is 0 Å². The second-order valence-corrected chi connectivity index (χ2v) is 8.04. The van der Waals surface area contributed by atoms with Crippen LogP contribution in [0.15, 0.2) is 53.7 Å². The highest BCUT2D eigenvalue weighted by Crippen LogP contribution is 2.29. The van der Waals surface area contributed by atoms with E-state index in [4.69, 9.17) is 21.1 Å². The lowest BCUT2D eigenvalue weighted by Crippen LogP contribution is -2.24. The molecule has 1 atom stereocenters. The number of carbonyl (C=O) groups excluding carboxylic acids is 1. The number of rotatable bonds is 10. The molecule has 3 aromatic rings. The van der Waals surface area contributed by atoms with Crippen molar-refractivity contribution in [2.45, 2.75) is 38.2 Å². The number of ether oxygens (including phenoxy) is 2. The molecule has 0 spiro atoms. The summed E-state index contributed by atoms with van der Waals surface area (Å²) in [4.78, 5) is 12.3. The Hall–Kier alpha value is -2.71. The molecule has 164 valence electrons. The van der Waals surface area contributed by atoms with E-state index in [1.165, 1.54) is 11.8 Å². The summed E-state index contributed by atoms with van der Waals surface area (Å²) in [5.74, 6) is 2.23. The van der Waals surface area contributed by atoms with Crippen molar-refractivity contribution in [2.24, 2.45) is 0 Å². The van der Waals surface area contributed by atoms with E-state index in [0.29, 0.717) is 34.8 Å². The van der Waals surface area contributed by atoms with E-state index in [2.05, 4.69) is 15.5 Å². The molecule has 1 amide bonds. The van der Waals surface area contributed by atoms with Crippen LogP contribution < -0.4 is 14.8 Å². The maximum absolute atomic E-state index is 12.3. The molecule has 0 saturated heterocycles. The number of thioether (sulfide) groups is 1. The van der Waals surface area contributed by atoms with Crippen molar-refractivity contribution < 1.29 is 14.3 Å². The maximum atomic E-state index is 12.3. The van der Waals surface area contributed by atoms with Gasteiger partial charge in [0.1, 0.15) is 11.5 Å². The Morgan fingerprint density at radius 1 is 1.19 bits per heavy atom. The lowest BCUT2D eigenvalue weighted by molar-refractivity contribution is -0.118. The van der Waals surface area contributed by atoms with Crippen molar-refractivity contribution in [1.29, 1.82) is 0 Å². The SMILES string of the molecule is CCn1c(SCC(=O)NCc2ccc(OC)cc2)nnc1C(C)Oc1ccccc1Cl. The summed E-state index contributed by atoms with van der Waals surface area (Å²) in [6.07, 6.45) is -0.342. The summed E-state index contributed by atoms with van der Waals surface area (Å²) in [5.41, 5.74) is 1.00. The summed E-state index contributed by atoms with van der Waals surface area (Å²) in [6, 6.07) is 14.9. The molecular formula is C22H25ClN4O3S. The zero-order valence-electron chi connectivity index (χ0n) is 17.7. The van der Waals surface area contributed by atoms with Gasteiger partial charge in [-0.2, -0.15) is 0 Å². The molecule has 1 unspecified atom stereocenters. The molecule has 0 aliphatic rings. The fourth-order valence-electron chi connectivity index (χ4n) is 2.91. The van der Waals surface area contributed by atoms with Crippen LogP contribution in [0.2, 0.25) is 5.02 Å². The molecular weight excluding hydrogens is 436 g/mol. The third-order valence-corrected chi connectivity index (χ3v) is 5.83. The van der Waals surface area contributed by atoms with Crippen molar-refractivity contribution in [1.82, 2.24) is 20.1 Å². The predicted octanol–water partition coefficient (Wildman–Crippen LogP) is 4.51. The van der Waals surface area contributed by atoms with Gasteiger partial charge in [0, 0.05) is 13.1 Å². The smallest absolute Gasteiger partial charge is 0.230 e. The highest BCUT2D eigenvalue weighted by Gasteiger charge is 2.20. The molecule has 1 N–H and O–H groups in total. The molecule has 7 nitrogen and oxygen atoms in total. The average Bonchev–Trinajstić information content (AvgIpc) is 3.21. The first-order valence-electron chi connectivity index (χ1n) is 9.88. The van der Waals surface area contributed by atoms with Crippen LogP contribution in [0.1, 0.15) is 31.3 Å². The average molecular weight is 461 g/mol. The number of nitrogens with one attached hydrogen (secondary N) is 1. The van der Waals surface area contributed by atoms with Gasteiger partial charge in [-0.3, -0.25) is 4.79 Å². The molecule has 0 saturated carbocycles. The third kappa shape index (κ3) is 6.15. The van der Waals surface area contributed by atoms with E-state index >= 15 is 0 Å². The van der Waals surface area contributed by atoms with Crippen LogP contribution in [-0.4, -0.2) is 33.5 Å².